The smallest absolute Gasteiger partial charge is 0.310 e. The van der Waals surface area contributed by atoms with Gasteiger partial charge in [0.25, 0.3) is 5.91 Å². The summed E-state index contributed by atoms with van der Waals surface area (Å²) in [5.74, 6) is 0.550. The number of benzene rings is 1. The van der Waals surface area contributed by atoms with Gasteiger partial charge in [0, 0.05) is 13.1 Å². The summed E-state index contributed by atoms with van der Waals surface area (Å²) < 4.78 is 16.4. The Kier molecular flexibility index (Phi) is 4.59. The number of esters is 1. The van der Waals surface area contributed by atoms with Crippen molar-refractivity contribution >= 4 is 11.9 Å². The molecule has 1 saturated heterocycles. The van der Waals surface area contributed by atoms with Crippen LogP contribution in [0.4, 0.5) is 0 Å². The predicted molar refractivity (Wildman–Crippen MR) is 96.3 cm³/mol. The van der Waals surface area contributed by atoms with Crippen LogP contribution in [0.15, 0.2) is 22.7 Å². The number of aromatic nitrogens is 1. The van der Waals surface area contributed by atoms with Gasteiger partial charge in [-0.25, -0.2) is 0 Å². The highest BCUT2D eigenvalue weighted by Gasteiger charge is 2.34. The van der Waals surface area contributed by atoms with Crippen LogP contribution in [0.3, 0.4) is 0 Å². The lowest BCUT2D eigenvalue weighted by molar-refractivity contribution is -0.149. The Hall–Kier alpha value is -2.83. The van der Waals surface area contributed by atoms with Crippen LogP contribution in [-0.2, 0) is 16.1 Å². The number of amides is 1. The Morgan fingerprint density at radius 2 is 2.22 bits per heavy atom. The number of hydrogen-bond donors (Lipinski definition) is 0. The number of piperidine rings is 1. The van der Waals surface area contributed by atoms with Gasteiger partial charge in [-0.3, -0.25) is 9.59 Å². The second-order valence-electron chi connectivity index (χ2n) is 6.97. The largest absolute Gasteiger partial charge is 0.488 e. The standard InChI is InChI=1S/C20H22N2O5/c1-3-25-20(24)13-5-4-8-22(10-13)19(23)17-15-11-26-16-7-6-12(2)9-14(16)18(15)27-21-17/h6-7,9,13H,3-5,8,10-11H2,1-2H3. The molecule has 0 aliphatic carbocycles. The highest BCUT2D eigenvalue weighted by molar-refractivity contribution is 5.96. The molecule has 2 aliphatic rings. The third-order valence-electron chi connectivity index (χ3n) is 5.07. The van der Waals surface area contributed by atoms with Gasteiger partial charge in [-0.15, -0.1) is 0 Å². The lowest BCUT2D eigenvalue weighted by Gasteiger charge is -2.31. The van der Waals surface area contributed by atoms with Crippen LogP contribution in [-0.4, -0.2) is 41.6 Å². The zero-order valence-corrected chi connectivity index (χ0v) is 15.5. The Labute approximate surface area is 157 Å². The molecule has 0 radical (unpaired) electrons. The van der Waals surface area contributed by atoms with Crippen molar-refractivity contribution in [3.63, 3.8) is 0 Å². The second kappa shape index (κ2) is 7.06. The van der Waals surface area contributed by atoms with Gasteiger partial charge in [0.05, 0.1) is 23.7 Å². The molecule has 1 aromatic heterocycles. The molecule has 0 bridgehead atoms. The van der Waals surface area contributed by atoms with E-state index in [1.807, 2.05) is 25.1 Å². The fourth-order valence-electron chi connectivity index (χ4n) is 3.68. The van der Waals surface area contributed by atoms with E-state index < -0.39 is 0 Å². The van der Waals surface area contributed by atoms with E-state index in [0.29, 0.717) is 31.0 Å². The molecular weight excluding hydrogens is 348 g/mol. The van der Waals surface area contributed by atoms with Crippen molar-refractivity contribution in [3.8, 4) is 17.1 Å². The molecule has 1 fully saturated rings. The lowest BCUT2D eigenvalue weighted by atomic mass is 9.97. The number of aryl methyl sites for hydroxylation is 1. The Morgan fingerprint density at radius 1 is 1.37 bits per heavy atom. The fraction of sp³-hybridized carbons (Fsp3) is 0.450. The maximum absolute atomic E-state index is 13.0. The van der Waals surface area contributed by atoms with E-state index >= 15 is 0 Å². The summed E-state index contributed by atoms with van der Waals surface area (Å²) >= 11 is 0. The van der Waals surface area contributed by atoms with Crippen LogP contribution in [0.1, 0.15) is 41.4 Å². The number of fused-ring (bicyclic) bond motifs is 3. The van der Waals surface area contributed by atoms with Crippen molar-refractivity contribution in [1.29, 1.82) is 0 Å². The third kappa shape index (κ3) is 3.18. The van der Waals surface area contributed by atoms with Gasteiger partial charge in [-0.05, 0) is 38.8 Å². The van der Waals surface area contributed by atoms with Crippen LogP contribution >= 0.6 is 0 Å². The molecule has 1 unspecified atom stereocenters. The van der Waals surface area contributed by atoms with E-state index in [1.54, 1.807) is 11.8 Å². The van der Waals surface area contributed by atoms with Crippen LogP contribution in [0.5, 0.6) is 5.75 Å². The molecule has 0 spiro atoms. The van der Waals surface area contributed by atoms with Crippen molar-refractivity contribution in [2.45, 2.75) is 33.3 Å². The third-order valence-corrected chi connectivity index (χ3v) is 5.07. The van der Waals surface area contributed by atoms with Gasteiger partial charge in [0.2, 0.25) is 0 Å². The highest BCUT2D eigenvalue weighted by Crippen LogP contribution is 2.39. The van der Waals surface area contributed by atoms with Crippen molar-refractivity contribution < 1.29 is 23.6 Å². The first-order chi connectivity index (χ1) is 13.1. The van der Waals surface area contributed by atoms with E-state index in [2.05, 4.69) is 5.16 Å². The minimum Gasteiger partial charge on any atom is -0.488 e. The minimum atomic E-state index is -0.287. The van der Waals surface area contributed by atoms with Crippen LogP contribution < -0.4 is 4.74 Å². The Morgan fingerprint density at radius 3 is 3.04 bits per heavy atom. The van der Waals surface area contributed by atoms with Gasteiger partial charge in [0.1, 0.15) is 12.4 Å². The van der Waals surface area contributed by atoms with E-state index in [4.69, 9.17) is 14.0 Å². The first-order valence-electron chi connectivity index (χ1n) is 9.26. The number of rotatable bonds is 3. The number of nitrogens with zero attached hydrogens (tertiary/aromatic N) is 2. The molecular formula is C20H22N2O5. The van der Waals surface area contributed by atoms with Gasteiger partial charge in [0.15, 0.2) is 11.5 Å². The topological polar surface area (TPSA) is 81.9 Å². The average Bonchev–Trinajstić information content (AvgIpc) is 3.12. The number of carbonyl (C=O) groups excluding carboxylic acids is 2. The predicted octanol–water partition coefficient (Wildman–Crippen LogP) is 2.96. The van der Waals surface area contributed by atoms with Crippen LogP contribution in [0.2, 0.25) is 0 Å². The number of hydrogen-bond acceptors (Lipinski definition) is 6. The fourth-order valence-corrected chi connectivity index (χ4v) is 3.68. The van der Waals surface area contributed by atoms with Gasteiger partial charge < -0.3 is 18.9 Å². The van der Waals surface area contributed by atoms with E-state index in [1.165, 1.54) is 0 Å². The molecule has 0 N–H and O–H groups in total. The Balaban J connectivity index is 1.58. The SMILES string of the molecule is CCOC(=O)C1CCCN(C(=O)c2noc3c2COc2ccc(C)cc2-3)C1. The molecule has 1 aromatic carbocycles. The van der Waals surface area contributed by atoms with Crippen molar-refractivity contribution in [1.82, 2.24) is 10.1 Å². The van der Waals surface area contributed by atoms with Gasteiger partial charge in [-0.2, -0.15) is 0 Å². The monoisotopic (exact) mass is 370 g/mol. The van der Waals surface area contributed by atoms with Crippen LogP contribution in [0.25, 0.3) is 11.3 Å². The molecule has 1 amide bonds. The van der Waals surface area contributed by atoms with Crippen molar-refractivity contribution in [2.75, 3.05) is 19.7 Å². The first-order valence-corrected chi connectivity index (χ1v) is 9.26. The zero-order valence-electron chi connectivity index (χ0n) is 15.5. The highest BCUT2D eigenvalue weighted by atomic mass is 16.5. The maximum Gasteiger partial charge on any atom is 0.310 e. The molecule has 3 heterocycles. The summed E-state index contributed by atoms with van der Waals surface area (Å²) in [4.78, 5) is 26.7. The lowest BCUT2D eigenvalue weighted by Crippen LogP contribution is -2.43. The summed E-state index contributed by atoms with van der Waals surface area (Å²) in [6, 6.07) is 5.83. The normalized spacial score (nSPS) is 18.3. The summed E-state index contributed by atoms with van der Waals surface area (Å²) in [6.45, 7) is 5.29. The Bertz CT molecular complexity index is 888. The summed E-state index contributed by atoms with van der Waals surface area (Å²) in [6.07, 6.45) is 1.49. The quantitative estimate of drug-likeness (QED) is 0.773. The van der Waals surface area contributed by atoms with Crippen molar-refractivity contribution in [3.05, 3.63) is 35.0 Å². The van der Waals surface area contributed by atoms with Crippen molar-refractivity contribution in [2.24, 2.45) is 5.92 Å². The molecule has 0 saturated carbocycles. The maximum atomic E-state index is 13.0. The summed E-state index contributed by atoms with van der Waals surface area (Å²) in [5.41, 5.74) is 2.81. The van der Waals surface area contributed by atoms with E-state index in [-0.39, 0.29) is 30.1 Å². The molecule has 1 atom stereocenters. The molecule has 142 valence electrons. The van der Waals surface area contributed by atoms with Crippen LogP contribution in [0, 0.1) is 12.8 Å². The van der Waals surface area contributed by atoms with E-state index in [0.717, 1.165) is 29.7 Å². The number of ether oxygens (including phenoxy) is 2. The molecule has 2 aliphatic heterocycles. The summed E-state index contributed by atoms with van der Waals surface area (Å²) in [7, 11) is 0. The molecule has 7 nitrogen and oxygen atoms in total. The van der Waals surface area contributed by atoms with E-state index in [9.17, 15) is 9.59 Å². The van der Waals surface area contributed by atoms with Gasteiger partial charge >= 0.3 is 5.97 Å². The average molecular weight is 370 g/mol. The zero-order chi connectivity index (χ0) is 19.0. The number of likely N-dealkylation sites (tertiary alicyclic amines) is 1. The molecule has 7 heteroatoms. The molecule has 4 rings (SSSR count). The molecule has 2 aromatic rings. The molecule has 27 heavy (non-hydrogen) atoms. The van der Waals surface area contributed by atoms with Gasteiger partial charge in [-0.1, -0.05) is 16.8 Å². The minimum absolute atomic E-state index is 0.228. The summed E-state index contributed by atoms with van der Waals surface area (Å²) in [5, 5.41) is 4.05. The second-order valence-corrected chi connectivity index (χ2v) is 6.97. The number of carbonyl (C=O) groups is 2. The first kappa shape index (κ1) is 17.6.